The summed E-state index contributed by atoms with van der Waals surface area (Å²) < 4.78 is 7.05. The molecule has 2 aliphatic rings. The second-order valence-electron chi connectivity index (χ2n) is 6.57. The number of carbonyl (C=O) groups is 2. The van der Waals surface area contributed by atoms with Crippen LogP contribution in [0.3, 0.4) is 0 Å². The van der Waals surface area contributed by atoms with Gasteiger partial charge in [0.25, 0.3) is 5.91 Å². The van der Waals surface area contributed by atoms with Gasteiger partial charge in [0.05, 0.1) is 24.0 Å². The minimum atomic E-state index is -0.287. The number of aromatic nitrogens is 2. The molecule has 7 nitrogen and oxygen atoms in total. The van der Waals surface area contributed by atoms with Crippen molar-refractivity contribution in [2.75, 3.05) is 0 Å². The zero-order chi connectivity index (χ0) is 16.8. The first-order valence-corrected chi connectivity index (χ1v) is 8.20. The third kappa shape index (κ3) is 2.40. The highest BCUT2D eigenvalue weighted by Crippen LogP contribution is 2.41. The molecule has 1 saturated heterocycles. The standard InChI is InChI=1S/C17H20N4O3/c1-10-6-8-24-16(10)17(23)19-12-9-14(22)21(11-3-4-11)15(12)13-5-7-18-20(13)2/h5-8,11-12,15H,3-4,9H2,1-2H3,(H,19,23)/t12-,15-/m1/s1. The van der Waals surface area contributed by atoms with Gasteiger partial charge in [0, 0.05) is 31.3 Å². The second kappa shape index (κ2) is 5.51. The molecule has 0 bridgehead atoms. The van der Waals surface area contributed by atoms with Crippen LogP contribution in [0.5, 0.6) is 0 Å². The Balaban J connectivity index is 1.63. The van der Waals surface area contributed by atoms with E-state index in [0.29, 0.717) is 12.2 Å². The highest BCUT2D eigenvalue weighted by molar-refractivity contribution is 5.94. The molecule has 0 spiro atoms. The van der Waals surface area contributed by atoms with Crippen LogP contribution in [0, 0.1) is 6.92 Å². The van der Waals surface area contributed by atoms with Crippen LogP contribution < -0.4 is 5.32 Å². The maximum absolute atomic E-state index is 12.5. The molecule has 3 heterocycles. The topological polar surface area (TPSA) is 80.4 Å². The zero-order valence-electron chi connectivity index (χ0n) is 13.7. The summed E-state index contributed by atoms with van der Waals surface area (Å²) in [5.41, 5.74) is 1.72. The molecule has 0 unspecified atom stereocenters. The van der Waals surface area contributed by atoms with Gasteiger partial charge < -0.3 is 14.6 Å². The van der Waals surface area contributed by atoms with E-state index in [2.05, 4.69) is 10.4 Å². The number of carbonyl (C=O) groups excluding carboxylic acids is 2. The van der Waals surface area contributed by atoms with E-state index in [1.54, 1.807) is 16.9 Å². The molecule has 1 aliphatic carbocycles. The third-order valence-electron chi connectivity index (χ3n) is 4.85. The number of furan rings is 1. The van der Waals surface area contributed by atoms with Gasteiger partial charge in [-0.3, -0.25) is 14.3 Å². The van der Waals surface area contributed by atoms with Gasteiger partial charge in [-0.25, -0.2) is 0 Å². The minimum Gasteiger partial charge on any atom is -0.459 e. The van der Waals surface area contributed by atoms with E-state index in [1.165, 1.54) is 6.26 Å². The van der Waals surface area contributed by atoms with E-state index < -0.39 is 0 Å². The van der Waals surface area contributed by atoms with Crippen molar-refractivity contribution in [2.24, 2.45) is 7.05 Å². The van der Waals surface area contributed by atoms with E-state index in [-0.39, 0.29) is 29.9 Å². The molecule has 4 rings (SSSR count). The van der Waals surface area contributed by atoms with Crippen LogP contribution in [-0.4, -0.2) is 38.6 Å². The summed E-state index contributed by atoms with van der Waals surface area (Å²) in [6.45, 7) is 1.83. The number of hydrogen-bond acceptors (Lipinski definition) is 4. The first-order valence-electron chi connectivity index (χ1n) is 8.20. The summed E-state index contributed by atoms with van der Waals surface area (Å²) in [6.07, 6.45) is 5.58. The van der Waals surface area contributed by atoms with Crippen molar-refractivity contribution in [3.05, 3.63) is 41.6 Å². The zero-order valence-corrected chi connectivity index (χ0v) is 13.7. The van der Waals surface area contributed by atoms with E-state index >= 15 is 0 Å². The van der Waals surface area contributed by atoms with Gasteiger partial charge in [-0.05, 0) is 31.9 Å². The van der Waals surface area contributed by atoms with Gasteiger partial charge in [-0.1, -0.05) is 0 Å². The average Bonchev–Trinajstić information content (AvgIpc) is 3.00. The lowest BCUT2D eigenvalue weighted by molar-refractivity contribution is -0.129. The van der Waals surface area contributed by atoms with Crippen LogP contribution in [-0.2, 0) is 11.8 Å². The Bertz CT molecular complexity index is 789. The van der Waals surface area contributed by atoms with Gasteiger partial charge >= 0.3 is 0 Å². The molecule has 1 aliphatic heterocycles. The van der Waals surface area contributed by atoms with E-state index in [0.717, 1.165) is 24.1 Å². The van der Waals surface area contributed by atoms with Crippen molar-refractivity contribution < 1.29 is 14.0 Å². The Morgan fingerprint density at radius 1 is 1.38 bits per heavy atom. The molecule has 2 amide bonds. The predicted molar refractivity (Wildman–Crippen MR) is 85.1 cm³/mol. The fraction of sp³-hybridized carbons (Fsp3) is 0.471. The normalized spacial score (nSPS) is 23.8. The van der Waals surface area contributed by atoms with Crippen molar-refractivity contribution in [1.29, 1.82) is 0 Å². The molecule has 2 fully saturated rings. The van der Waals surface area contributed by atoms with Gasteiger partial charge in [0.1, 0.15) is 0 Å². The number of hydrogen-bond donors (Lipinski definition) is 1. The number of nitrogens with one attached hydrogen (secondary N) is 1. The van der Waals surface area contributed by atoms with Gasteiger partial charge in [0.15, 0.2) is 5.76 Å². The summed E-state index contributed by atoms with van der Waals surface area (Å²) in [6, 6.07) is 3.48. The van der Waals surface area contributed by atoms with Crippen molar-refractivity contribution in [3.8, 4) is 0 Å². The summed E-state index contributed by atoms with van der Waals surface area (Å²) in [7, 11) is 1.86. The van der Waals surface area contributed by atoms with Crippen LogP contribution in [0.25, 0.3) is 0 Å². The molecule has 1 saturated carbocycles. The molecule has 24 heavy (non-hydrogen) atoms. The molecule has 2 aromatic heterocycles. The third-order valence-corrected chi connectivity index (χ3v) is 4.85. The highest BCUT2D eigenvalue weighted by Gasteiger charge is 2.48. The molecular formula is C17H20N4O3. The Morgan fingerprint density at radius 2 is 2.17 bits per heavy atom. The van der Waals surface area contributed by atoms with Crippen LogP contribution >= 0.6 is 0 Å². The summed E-state index contributed by atoms with van der Waals surface area (Å²) in [5.74, 6) is 0.112. The SMILES string of the molecule is Cc1ccoc1C(=O)N[C@@H]1CC(=O)N(C2CC2)[C@H]1c1ccnn1C. The summed E-state index contributed by atoms with van der Waals surface area (Å²) in [4.78, 5) is 27.0. The fourth-order valence-corrected chi connectivity index (χ4v) is 3.53. The lowest BCUT2D eigenvalue weighted by atomic mass is 10.0. The van der Waals surface area contributed by atoms with Crippen LogP contribution in [0.15, 0.2) is 29.0 Å². The van der Waals surface area contributed by atoms with E-state index in [4.69, 9.17) is 4.42 Å². The summed E-state index contributed by atoms with van der Waals surface area (Å²) >= 11 is 0. The van der Waals surface area contributed by atoms with Crippen LogP contribution in [0.4, 0.5) is 0 Å². The number of rotatable bonds is 4. The molecule has 2 atom stereocenters. The maximum Gasteiger partial charge on any atom is 0.287 e. The molecule has 0 radical (unpaired) electrons. The molecule has 7 heteroatoms. The monoisotopic (exact) mass is 328 g/mol. The number of nitrogens with zero attached hydrogens (tertiary/aromatic N) is 3. The van der Waals surface area contributed by atoms with Gasteiger partial charge in [0.2, 0.25) is 5.91 Å². The molecular weight excluding hydrogens is 308 g/mol. The van der Waals surface area contributed by atoms with Gasteiger partial charge in [-0.2, -0.15) is 5.10 Å². The maximum atomic E-state index is 12.5. The second-order valence-corrected chi connectivity index (χ2v) is 6.57. The van der Waals surface area contributed by atoms with Crippen molar-refractivity contribution in [3.63, 3.8) is 0 Å². The lowest BCUT2D eigenvalue weighted by Gasteiger charge is -2.28. The van der Waals surface area contributed by atoms with Crippen molar-refractivity contribution in [1.82, 2.24) is 20.0 Å². The fourth-order valence-electron chi connectivity index (χ4n) is 3.53. The van der Waals surface area contributed by atoms with Crippen LogP contribution in [0.1, 0.15) is 47.1 Å². The van der Waals surface area contributed by atoms with Crippen LogP contribution in [0.2, 0.25) is 0 Å². The quantitative estimate of drug-likeness (QED) is 0.923. The van der Waals surface area contributed by atoms with Crippen molar-refractivity contribution in [2.45, 2.75) is 44.3 Å². The summed E-state index contributed by atoms with van der Waals surface area (Å²) in [5, 5.41) is 7.22. The molecule has 2 aromatic rings. The number of aryl methyl sites for hydroxylation is 2. The molecule has 0 aromatic carbocycles. The van der Waals surface area contributed by atoms with E-state index in [9.17, 15) is 9.59 Å². The van der Waals surface area contributed by atoms with Gasteiger partial charge in [-0.15, -0.1) is 0 Å². The lowest BCUT2D eigenvalue weighted by Crippen LogP contribution is -2.41. The first-order chi connectivity index (χ1) is 11.6. The minimum absolute atomic E-state index is 0.0881. The first kappa shape index (κ1) is 15.0. The smallest absolute Gasteiger partial charge is 0.287 e. The Hall–Kier alpha value is -2.57. The highest BCUT2D eigenvalue weighted by atomic mass is 16.3. The average molecular weight is 328 g/mol. The largest absolute Gasteiger partial charge is 0.459 e. The van der Waals surface area contributed by atoms with Crippen molar-refractivity contribution >= 4 is 11.8 Å². The Kier molecular flexibility index (Phi) is 3.44. The van der Waals surface area contributed by atoms with E-state index in [1.807, 2.05) is 24.9 Å². The number of amides is 2. The Morgan fingerprint density at radius 3 is 2.75 bits per heavy atom. The predicted octanol–water partition coefficient (Wildman–Crippen LogP) is 1.56. The Labute approximate surface area is 139 Å². The molecule has 126 valence electrons. The number of likely N-dealkylation sites (tertiary alicyclic amines) is 1. The molecule has 1 N–H and O–H groups in total.